The van der Waals surface area contributed by atoms with Crippen molar-refractivity contribution in [1.82, 2.24) is 14.9 Å². The molecule has 2 rings (SSSR count). The van der Waals surface area contributed by atoms with E-state index in [1.165, 1.54) is 36.4 Å². The molecule has 0 radical (unpaired) electrons. The zero-order valence-corrected chi connectivity index (χ0v) is 18.2. The summed E-state index contributed by atoms with van der Waals surface area (Å²) >= 11 is 0. The van der Waals surface area contributed by atoms with E-state index in [2.05, 4.69) is 10.0 Å². The summed E-state index contributed by atoms with van der Waals surface area (Å²) in [5, 5.41) is 2.83. The minimum Gasteiger partial charge on any atom is -0.350 e. The van der Waals surface area contributed by atoms with Gasteiger partial charge in [0.25, 0.3) is 5.91 Å². The van der Waals surface area contributed by atoms with Crippen molar-refractivity contribution in [3.05, 3.63) is 65.5 Å². The molecule has 0 aliphatic carbocycles. The Morgan fingerprint density at radius 2 is 1.72 bits per heavy atom. The Morgan fingerprint density at radius 1 is 1.10 bits per heavy atom. The van der Waals surface area contributed by atoms with Crippen LogP contribution in [0.3, 0.4) is 0 Å². The smallest absolute Gasteiger partial charge is 0.251 e. The van der Waals surface area contributed by atoms with Gasteiger partial charge in [-0.25, -0.2) is 17.5 Å². The topological polar surface area (TPSA) is 78.5 Å². The standard InChI is InChI=1S/C21H28FN3O3S/c1-21(2,3)24-29(27,28)18-11-9-15(10-12-18)20(26)23-14-19(25(4)5)16-7-6-8-17(22)13-16/h6-13,19,24H,14H2,1-5H3,(H,23,26). The normalized spacial score (nSPS) is 13.3. The van der Waals surface area contributed by atoms with Crippen molar-refractivity contribution in [2.45, 2.75) is 37.2 Å². The quantitative estimate of drug-likeness (QED) is 0.721. The number of hydrogen-bond acceptors (Lipinski definition) is 4. The predicted octanol–water partition coefficient (Wildman–Crippen LogP) is 2.94. The molecule has 0 fully saturated rings. The molecule has 2 N–H and O–H groups in total. The lowest BCUT2D eigenvalue weighted by Crippen LogP contribution is -2.40. The Bertz CT molecular complexity index is 952. The number of likely N-dealkylation sites (N-methyl/N-ethyl adjacent to an activating group) is 1. The molecule has 0 heterocycles. The third kappa shape index (κ3) is 6.62. The lowest BCUT2D eigenvalue weighted by molar-refractivity contribution is 0.0942. The number of carbonyl (C=O) groups excluding carboxylic acids is 1. The molecule has 0 bridgehead atoms. The van der Waals surface area contributed by atoms with E-state index in [0.29, 0.717) is 5.56 Å². The number of sulfonamides is 1. The highest BCUT2D eigenvalue weighted by atomic mass is 32.2. The average molecular weight is 422 g/mol. The van der Waals surface area contributed by atoms with Crippen LogP contribution in [-0.4, -0.2) is 45.4 Å². The van der Waals surface area contributed by atoms with E-state index in [-0.39, 0.29) is 29.2 Å². The highest BCUT2D eigenvalue weighted by Gasteiger charge is 2.22. The summed E-state index contributed by atoms with van der Waals surface area (Å²) < 4.78 is 40.8. The highest BCUT2D eigenvalue weighted by Crippen LogP contribution is 2.19. The number of amides is 1. The number of carbonyl (C=O) groups is 1. The Balaban J connectivity index is 2.09. The van der Waals surface area contributed by atoms with Gasteiger partial charge in [0, 0.05) is 17.6 Å². The fraction of sp³-hybridized carbons (Fsp3) is 0.381. The molecule has 2 aromatic carbocycles. The van der Waals surface area contributed by atoms with Crippen molar-refractivity contribution < 1.29 is 17.6 Å². The molecular formula is C21H28FN3O3S. The van der Waals surface area contributed by atoms with E-state index in [1.807, 2.05) is 25.1 Å². The summed E-state index contributed by atoms with van der Waals surface area (Å²) in [6.07, 6.45) is 0. The van der Waals surface area contributed by atoms with Gasteiger partial charge in [0.1, 0.15) is 5.82 Å². The zero-order chi connectivity index (χ0) is 21.8. The summed E-state index contributed by atoms with van der Waals surface area (Å²) in [4.78, 5) is 14.5. The largest absolute Gasteiger partial charge is 0.350 e. The molecule has 1 unspecified atom stereocenters. The van der Waals surface area contributed by atoms with Gasteiger partial charge in [-0.15, -0.1) is 0 Å². The number of hydrogen-bond donors (Lipinski definition) is 2. The van der Waals surface area contributed by atoms with Crippen molar-refractivity contribution in [3.8, 4) is 0 Å². The van der Waals surface area contributed by atoms with Crippen LogP contribution in [0.5, 0.6) is 0 Å². The first-order chi connectivity index (χ1) is 13.4. The minimum absolute atomic E-state index is 0.0925. The van der Waals surface area contributed by atoms with Crippen molar-refractivity contribution >= 4 is 15.9 Å². The van der Waals surface area contributed by atoms with Crippen LogP contribution in [0, 0.1) is 5.82 Å². The summed E-state index contributed by atoms with van der Waals surface area (Å²) in [5.41, 5.74) is 0.494. The maximum Gasteiger partial charge on any atom is 0.251 e. The van der Waals surface area contributed by atoms with Gasteiger partial charge in [0.05, 0.1) is 10.9 Å². The lowest BCUT2D eigenvalue weighted by atomic mass is 10.1. The Morgan fingerprint density at radius 3 is 2.24 bits per heavy atom. The van der Waals surface area contributed by atoms with Gasteiger partial charge < -0.3 is 10.2 Å². The molecule has 8 heteroatoms. The van der Waals surface area contributed by atoms with Crippen molar-refractivity contribution in [2.75, 3.05) is 20.6 Å². The molecule has 1 atom stereocenters. The molecule has 1 amide bonds. The zero-order valence-electron chi connectivity index (χ0n) is 17.4. The van der Waals surface area contributed by atoms with E-state index in [0.717, 1.165) is 5.56 Å². The maximum atomic E-state index is 13.5. The van der Waals surface area contributed by atoms with E-state index >= 15 is 0 Å². The van der Waals surface area contributed by atoms with Gasteiger partial charge in [-0.1, -0.05) is 12.1 Å². The summed E-state index contributed by atoms with van der Waals surface area (Å²) in [7, 11) is 0.0402. The average Bonchev–Trinajstić information content (AvgIpc) is 2.59. The second-order valence-electron chi connectivity index (χ2n) is 8.12. The molecule has 0 aromatic heterocycles. The fourth-order valence-corrected chi connectivity index (χ4v) is 4.27. The molecule has 158 valence electrons. The molecule has 0 aliphatic rings. The molecule has 0 spiro atoms. The van der Waals surface area contributed by atoms with E-state index < -0.39 is 15.6 Å². The van der Waals surface area contributed by atoms with Gasteiger partial charge >= 0.3 is 0 Å². The van der Waals surface area contributed by atoms with Gasteiger partial charge in [-0.2, -0.15) is 0 Å². The number of nitrogens with zero attached hydrogens (tertiary/aromatic N) is 1. The van der Waals surface area contributed by atoms with Crippen molar-refractivity contribution in [1.29, 1.82) is 0 Å². The second-order valence-corrected chi connectivity index (χ2v) is 9.81. The van der Waals surface area contributed by atoms with Crippen LogP contribution in [0.4, 0.5) is 4.39 Å². The van der Waals surface area contributed by atoms with Crippen LogP contribution in [0.25, 0.3) is 0 Å². The number of nitrogens with one attached hydrogen (secondary N) is 2. The fourth-order valence-electron chi connectivity index (χ4n) is 2.85. The van der Waals surface area contributed by atoms with Crippen LogP contribution >= 0.6 is 0 Å². The first kappa shape index (κ1) is 23.0. The third-order valence-electron chi connectivity index (χ3n) is 4.18. The monoisotopic (exact) mass is 421 g/mol. The van der Waals surface area contributed by atoms with Gasteiger partial charge in [-0.3, -0.25) is 4.79 Å². The SMILES string of the molecule is CN(C)C(CNC(=O)c1ccc(S(=O)(=O)NC(C)(C)C)cc1)c1cccc(F)c1. The molecule has 6 nitrogen and oxygen atoms in total. The summed E-state index contributed by atoms with van der Waals surface area (Å²) in [6, 6.07) is 11.8. The minimum atomic E-state index is -3.66. The molecule has 0 saturated carbocycles. The van der Waals surface area contributed by atoms with Gasteiger partial charge in [0.15, 0.2) is 0 Å². The van der Waals surface area contributed by atoms with Crippen LogP contribution in [0.1, 0.15) is 42.7 Å². The Hall–Kier alpha value is -2.29. The van der Waals surface area contributed by atoms with Crippen molar-refractivity contribution in [2.24, 2.45) is 0 Å². The van der Waals surface area contributed by atoms with Gasteiger partial charge in [-0.05, 0) is 76.8 Å². The second kappa shape index (κ2) is 9.02. The van der Waals surface area contributed by atoms with E-state index in [9.17, 15) is 17.6 Å². The van der Waals surface area contributed by atoms with E-state index in [4.69, 9.17) is 0 Å². The summed E-state index contributed by atoms with van der Waals surface area (Å²) in [6.45, 7) is 5.55. The summed E-state index contributed by atoms with van der Waals surface area (Å²) in [5.74, 6) is -0.665. The van der Waals surface area contributed by atoms with Crippen molar-refractivity contribution in [3.63, 3.8) is 0 Å². The number of benzene rings is 2. The predicted molar refractivity (Wildman–Crippen MR) is 112 cm³/mol. The number of rotatable bonds is 7. The first-order valence-electron chi connectivity index (χ1n) is 9.23. The van der Waals surface area contributed by atoms with Crippen LogP contribution < -0.4 is 10.0 Å². The van der Waals surface area contributed by atoms with E-state index in [1.54, 1.807) is 26.8 Å². The molecule has 29 heavy (non-hydrogen) atoms. The molecule has 0 aliphatic heterocycles. The van der Waals surface area contributed by atoms with Crippen LogP contribution in [0.2, 0.25) is 0 Å². The van der Waals surface area contributed by atoms with Gasteiger partial charge in [0.2, 0.25) is 10.0 Å². The molecule has 2 aromatic rings. The molecular weight excluding hydrogens is 393 g/mol. The highest BCUT2D eigenvalue weighted by molar-refractivity contribution is 7.89. The molecule has 0 saturated heterocycles. The maximum absolute atomic E-state index is 13.5. The van der Waals surface area contributed by atoms with Crippen LogP contribution in [-0.2, 0) is 10.0 Å². The number of halogens is 1. The Kier molecular flexibility index (Phi) is 7.15. The van der Waals surface area contributed by atoms with Crippen LogP contribution in [0.15, 0.2) is 53.4 Å². The lowest BCUT2D eigenvalue weighted by Gasteiger charge is -2.25. The Labute approximate surface area is 172 Å². The third-order valence-corrected chi connectivity index (χ3v) is 5.95. The first-order valence-corrected chi connectivity index (χ1v) is 10.7.